The minimum absolute atomic E-state index is 0.0702. The normalized spacial score (nSPS) is 10.5. The summed E-state index contributed by atoms with van der Waals surface area (Å²) in [5.74, 6) is 1.72. The smallest absolute Gasteiger partial charge is 0.230 e. The van der Waals surface area contributed by atoms with Crippen molar-refractivity contribution in [3.8, 4) is 16.5 Å². The van der Waals surface area contributed by atoms with Crippen LogP contribution < -0.4 is 10.1 Å². The van der Waals surface area contributed by atoms with E-state index in [-0.39, 0.29) is 11.7 Å². The van der Waals surface area contributed by atoms with E-state index in [4.69, 9.17) is 4.74 Å². The van der Waals surface area contributed by atoms with Gasteiger partial charge in [0.05, 0.1) is 17.2 Å². The van der Waals surface area contributed by atoms with Gasteiger partial charge in [0.2, 0.25) is 11.1 Å². The molecule has 2 N–H and O–H groups in total. The second-order valence-corrected chi connectivity index (χ2v) is 6.63. The number of rotatable bonds is 8. The van der Waals surface area contributed by atoms with E-state index in [1.807, 2.05) is 47.8 Å². The van der Waals surface area contributed by atoms with Gasteiger partial charge in [0.15, 0.2) is 5.82 Å². The fourth-order valence-electron chi connectivity index (χ4n) is 1.89. The van der Waals surface area contributed by atoms with Crippen LogP contribution in [0.25, 0.3) is 10.7 Å². The molecule has 1 amide bonds. The quantitative estimate of drug-likeness (QED) is 0.477. The van der Waals surface area contributed by atoms with E-state index < -0.39 is 0 Å². The van der Waals surface area contributed by atoms with Crippen molar-refractivity contribution in [3.63, 3.8) is 0 Å². The molecule has 0 spiro atoms. The third-order valence-electron chi connectivity index (χ3n) is 2.99. The lowest BCUT2D eigenvalue weighted by Gasteiger charge is -2.06. The summed E-state index contributed by atoms with van der Waals surface area (Å²) in [6, 6.07) is 13.4. The Balaban J connectivity index is 1.35. The molecule has 0 radical (unpaired) electrons. The minimum Gasteiger partial charge on any atom is -0.492 e. The number of nitrogens with one attached hydrogen (secondary N) is 2. The van der Waals surface area contributed by atoms with Crippen molar-refractivity contribution < 1.29 is 9.53 Å². The number of hydrogen-bond donors (Lipinski definition) is 2. The molecule has 0 atom stereocenters. The number of benzene rings is 1. The fraction of sp³-hybridized carbons (Fsp3) is 0.188. The van der Waals surface area contributed by atoms with Crippen LogP contribution in [0.4, 0.5) is 0 Å². The molecule has 0 bridgehead atoms. The van der Waals surface area contributed by atoms with Crippen molar-refractivity contribution in [2.75, 3.05) is 18.9 Å². The van der Waals surface area contributed by atoms with Crippen molar-refractivity contribution in [3.05, 3.63) is 47.8 Å². The highest BCUT2D eigenvalue weighted by Crippen LogP contribution is 2.22. The largest absolute Gasteiger partial charge is 0.492 e. The summed E-state index contributed by atoms with van der Waals surface area (Å²) < 4.78 is 5.51. The lowest BCUT2D eigenvalue weighted by molar-refractivity contribution is -0.118. The molecule has 3 rings (SSSR count). The fourth-order valence-corrected chi connectivity index (χ4v) is 3.18. The summed E-state index contributed by atoms with van der Waals surface area (Å²) in [5, 5.41) is 12.3. The van der Waals surface area contributed by atoms with E-state index in [0.29, 0.717) is 18.3 Å². The predicted molar refractivity (Wildman–Crippen MR) is 95.4 cm³/mol. The average Bonchev–Trinajstić information content (AvgIpc) is 3.29. The number of amides is 1. The van der Waals surface area contributed by atoms with E-state index in [1.165, 1.54) is 11.8 Å². The molecule has 0 aliphatic heterocycles. The number of aromatic amines is 1. The molecule has 1 aromatic carbocycles. The van der Waals surface area contributed by atoms with Gasteiger partial charge in [-0.2, -0.15) is 0 Å². The van der Waals surface area contributed by atoms with Crippen molar-refractivity contribution in [1.82, 2.24) is 20.5 Å². The van der Waals surface area contributed by atoms with Gasteiger partial charge >= 0.3 is 0 Å². The average molecular weight is 360 g/mol. The lowest BCUT2D eigenvalue weighted by Crippen LogP contribution is -2.29. The third kappa shape index (κ3) is 4.84. The second kappa shape index (κ2) is 8.51. The Morgan fingerprint density at radius 1 is 1.25 bits per heavy atom. The van der Waals surface area contributed by atoms with E-state index in [2.05, 4.69) is 20.5 Å². The lowest BCUT2D eigenvalue weighted by atomic mass is 10.3. The number of nitrogens with zero attached hydrogens (tertiary/aromatic N) is 2. The maximum atomic E-state index is 11.8. The Bertz CT molecular complexity index is 760. The highest BCUT2D eigenvalue weighted by Gasteiger charge is 2.09. The Labute approximate surface area is 147 Å². The van der Waals surface area contributed by atoms with Gasteiger partial charge < -0.3 is 10.1 Å². The maximum absolute atomic E-state index is 11.8. The van der Waals surface area contributed by atoms with E-state index in [0.717, 1.165) is 16.5 Å². The molecular weight excluding hydrogens is 344 g/mol. The number of carbonyl (C=O) groups is 1. The molecule has 2 heterocycles. The van der Waals surface area contributed by atoms with E-state index >= 15 is 0 Å². The van der Waals surface area contributed by atoms with Gasteiger partial charge in [-0.05, 0) is 23.6 Å². The van der Waals surface area contributed by atoms with Crippen molar-refractivity contribution >= 4 is 29.0 Å². The van der Waals surface area contributed by atoms with Gasteiger partial charge in [0.25, 0.3) is 0 Å². The number of ether oxygens (including phenoxy) is 1. The van der Waals surface area contributed by atoms with Crippen LogP contribution in [0.15, 0.2) is 53.0 Å². The molecule has 0 saturated carbocycles. The van der Waals surface area contributed by atoms with Gasteiger partial charge in [0, 0.05) is 0 Å². The Kier molecular flexibility index (Phi) is 5.86. The number of thiophene rings is 1. The van der Waals surface area contributed by atoms with Crippen LogP contribution in [0.3, 0.4) is 0 Å². The number of aromatic nitrogens is 3. The first-order valence-electron chi connectivity index (χ1n) is 7.35. The van der Waals surface area contributed by atoms with Gasteiger partial charge in [-0.15, -0.1) is 16.4 Å². The molecule has 0 aliphatic carbocycles. The summed E-state index contributed by atoms with van der Waals surface area (Å²) in [6.07, 6.45) is 0. The van der Waals surface area contributed by atoms with Crippen molar-refractivity contribution in [2.24, 2.45) is 0 Å². The molecule has 0 fully saturated rings. The molecular formula is C16H16N4O2S2. The van der Waals surface area contributed by atoms with Crippen LogP contribution in [0.5, 0.6) is 5.75 Å². The third-order valence-corrected chi connectivity index (χ3v) is 4.71. The van der Waals surface area contributed by atoms with Crippen LogP contribution in [-0.2, 0) is 4.79 Å². The number of hydrogen-bond acceptors (Lipinski definition) is 6. The van der Waals surface area contributed by atoms with E-state index in [1.54, 1.807) is 11.3 Å². The molecule has 0 saturated heterocycles. The van der Waals surface area contributed by atoms with Gasteiger partial charge in [-0.25, -0.2) is 4.98 Å². The minimum atomic E-state index is -0.0702. The van der Waals surface area contributed by atoms with Gasteiger partial charge in [-0.3, -0.25) is 9.89 Å². The van der Waals surface area contributed by atoms with E-state index in [9.17, 15) is 4.79 Å². The Hall–Kier alpha value is -2.32. The molecule has 124 valence electrons. The van der Waals surface area contributed by atoms with Crippen LogP contribution >= 0.6 is 23.1 Å². The zero-order chi connectivity index (χ0) is 16.6. The zero-order valence-corrected chi connectivity index (χ0v) is 14.4. The van der Waals surface area contributed by atoms with Crippen LogP contribution in [-0.4, -0.2) is 40.0 Å². The molecule has 6 nitrogen and oxygen atoms in total. The SMILES string of the molecule is O=C(CSc1n[nH]c(-c2cccs2)n1)NCCOc1ccccc1. The molecule has 8 heteroatoms. The molecule has 0 unspecified atom stereocenters. The first-order chi connectivity index (χ1) is 11.8. The van der Waals surface area contributed by atoms with Crippen molar-refractivity contribution in [2.45, 2.75) is 5.16 Å². The second-order valence-electron chi connectivity index (χ2n) is 4.74. The van der Waals surface area contributed by atoms with Gasteiger partial charge in [-0.1, -0.05) is 36.0 Å². The molecule has 24 heavy (non-hydrogen) atoms. The summed E-state index contributed by atoms with van der Waals surface area (Å²) >= 11 is 2.89. The monoisotopic (exact) mass is 360 g/mol. The highest BCUT2D eigenvalue weighted by atomic mass is 32.2. The van der Waals surface area contributed by atoms with Crippen LogP contribution in [0, 0.1) is 0 Å². The maximum Gasteiger partial charge on any atom is 0.230 e. The number of thioether (sulfide) groups is 1. The number of carbonyl (C=O) groups excluding carboxylic acids is 1. The predicted octanol–water partition coefficient (Wildman–Crippen LogP) is 2.82. The molecule has 0 aliphatic rings. The first-order valence-corrected chi connectivity index (χ1v) is 9.21. The highest BCUT2D eigenvalue weighted by molar-refractivity contribution is 7.99. The van der Waals surface area contributed by atoms with Gasteiger partial charge in [0.1, 0.15) is 12.4 Å². The van der Waals surface area contributed by atoms with Crippen molar-refractivity contribution in [1.29, 1.82) is 0 Å². The molecule has 2 aromatic heterocycles. The Morgan fingerprint density at radius 3 is 2.92 bits per heavy atom. The molecule has 3 aromatic rings. The summed E-state index contributed by atoms with van der Waals surface area (Å²) in [6.45, 7) is 0.895. The number of H-pyrrole nitrogens is 1. The summed E-state index contributed by atoms with van der Waals surface area (Å²) in [4.78, 5) is 17.2. The number of para-hydroxylation sites is 1. The first kappa shape index (κ1) is 16.5. The van der Waals surface area contributed by atoms with Crippen LogP contribution in [0.1, 0.15) is 0 Å². The Morgan fingerprint density at radius 2 is 2.12 bits per heavy atom. The summed E-state index contributed by atoms with van der Waals surface area (Å²) in [5.41, 5.74) is 0. The van der Waals surface area contributed by atoms with Crippen LogP contribution in [0.2, 0.25) is 0 Å². The standard InChI is InChI=1S/C16H16N4O2S2/c21-14(17-8-9-22-12-5-2-1-3-6-12)11-24-16-18-15(19-20-16)13-7-4-10-23-13/h1-7,10H,8-9,11H2,(H,17,21)(H,18,19,20). The zero-order valence-electron chi connectivity index (χ0n) is 12.8. The summed E-state index contributed by atoms with van der Waals surface area (Å²) in [7, 11) is 0. The topological polar surface area (TPSA) is 79.9 Å².